The van der Waals surface area contributed by atoms with Crippen molar-refractivity contribution in [2.24, 2.45) is 11.7 Å². The second-order valence-corrected chi connectivity index (χ2v) is 5.51. The first kappa shape index (κ1) is 14.7. The van der Waals surface area contributed by atoms with E-state index in [9.17, 15) is 0 Å². The topological polar surface area (TPSA) is 88.1 Å². The lowest BCUT2D eigenvalue weighted by atomic mass is 9.95. The van der Waals surface area contributed by atoms with Crippen molar-refractivity contribution in [3.8, 4) is 0 Å². The summed E-state index contributed by atoms with van der Waals surface area (Å²) in [7, 11) is 1.74. The van der Waals surface area contributed by atoms with Crippen molar-refractivity contribution >= 4 is 11.7 Å². The minimum Gasteiger partial charge on any atom is -0.384 e. The number of piperidine rings is 1. The lowest BCUT2D eigenvalue weighted by molar-refractivity contribution is 0.0496. The molecular formula is C14H23N5O. The fourth-order valence-electron chi connectivity index (χ4n) is 2.67. The first-order valence-corrected chi connectivity index (χ1v) is 6.91. The molecule has 0 aromatic carbocycles. The molecule has 2 heterocycles. The molecule has 0 radical (unpaired) electrons. The molecule has 1 aromatic heterocycles. The number of hydrogen-bond acceptors (Lipinski definition) is 5. The van der Waals surface area contributed by atoms with Crippen LogP contribution in [0, 0.1) is 25.2 Å². The third kappa shape index (κ3) is 2.60. The molecule has 2 rings (SSSR count). The number of nitrogens with one attached hydrogen (secondary N) is 1. The normalized spacial score (nSPS) is 22.9. The fraction of sp³-hybridized carbons (Fsp3) is 0.643. The van der Waals surface area contributed by atoms with Crippen molar-refractivity contribution in [3.05, 3.63) is 16.8 Å². The molecule has 20 heavy (non-hydrogen) atoms. The zero-order valence-corrected chi connectivity index (χ0v) is 12.6. The molecule has 2 unspecified atom stereocenters. The smallest absolute Gasteiger partial charge is 0.162 e. The summed E-state index contributed by atoms with van der Waals surface area (Å²) in [6, 6.07) is 0. The maximum absolute atomic E-state index is 7.82. The average Bonchev–Trinajstić information content (AvgIpc) is 2.42. The number of amidine groups is 1. The predicted octanol–water partition coefficient (Wildman–Crippen LogP) is 1.24. The van der Waals surface area contributed by atoms with E-state index >= 15 is 0 Å². The number of methoxy groups -OCH3 is 1. The number of nitrogens with two attached hydrogens (primary N) is 1. The highest BCUT2D eigenvalue weighted by Crippen LogP contribution is 2.27. The summed E-state index contributed by atoms with van der Waals surface area (Å²) in [5.41, 5.74) is 8.18. The van der Waals surface area contributed by atoms with E-state index in [-0.39, 0.29) is 11.9 Å². The Bertz CT molecular complexity index is 517. The van der Waals surface area contributed by atoms with Gasteiger partial charge in [0.2, 0.25) is 0 Å². The number of ether oxygens (including phenoxy) is 1. The number of nitrogen functional groups attached to an aromatic ring is 1. The summed E-state index contributed by atoms with van der Waals surface area (Å²) in [6.07, 6.45) is 1.21. The number of anilines is 1. The van der Waals surface area contributed by atoms with Crippen LogP contribution in [0.15, 0.2) is 0 Å². The van der Waals surface area contributed by atoms with Crippen LogP contribution in [0.2, 0.25) is 0 Å². The number of aryl methyl sites for hydroxylation is 1. The molecule has 0 spiro atoms. The molecule has 0 bridgehead atoms. The third-order valence-electron chi connectivity index (χ3n) is 4.20. The maximum Gasteiger partial charge on any atom is 0.162 e. The number of nitrogens with zero attached hydrogens (tertiary/aromatic N) is 3. The van der Waals surface area contributed by atoms with E-state index in [0.29, 0.717) is 17.3 Å². The fourth-order valence-corrected chi connectivity index (χ4v) is 2.67. The Kier molecular flexibility index (Phi) is 4.23. The van der Waals surface area contributed by atoms with Gasteiger partial charge in [-0.1, -0.05) is 6.92 Å². The average molecular weight is 277 g/mol. The van der Waals surface area contributed by atoms with E-state index in [1.54, 1.807) is 7.11 Å². The van der Waals surface area contributed by atoms with E-state index in [4.69, 9.17) is 15.9 Å². The van der Waals surface area contributed by atoms with Gasteiger partial charge in [0, 0.05) is 20.2 Å². The van der Waals surface area contributed by atoms with Crippen LogP contribution >= 0.6 is 0 Å². The molecule has 6 heteroatoms. The van der Waals surface area contributed by atoms with Crippen molar-refractivity contribution in [1.82, 2.24) is 10.2 Å². The van der Waals surface area contributed by atoms with Crippen molar-refractivity contribution in [1.29, 1.82) is 5.41 Å². The van der Waals surface area contributed by atoms with E-state index in [0.717, 1.165) is 30.8 Å². The maximum atomic E-state index is 7.82. The van der Waals surface area contributed by atoms with Gasteiger partial charge in [0.05, 0.1) is 17.4 Å². The van der Waals surface area contributed by atoms with Gasteiger partial charge < -0.3 is 15.4 Å². The molecule has 2 atom stereocenters. The van der Waals surface area contributed by atoms with Crippen LogP contribution in [0.5, 0.6) is 0 Å². The molecule has 1 fully saturated rings. The summed E-state index contributed by atoms with van der Waals surface area (Å²) in [4.78, 5) is 2.13. The molecule has 0 aliphatic carbocycles. The first-order valence-electron chi connectivity index (χ1n) is 6.91. The molecule has 1 saturated heterocycles. The van der Waals surface area contributed by atoms with Crippen LogP contribution in [0.1, 0.15) is 30.2 Å². The second kappa shape index (κ2) is 5.75. The summed E-state index contributed by atoms with van der Waals surface area (Å²) in [5.74, 6) is 1.27. The molecule has 1 aliphatic rings. The van der Waals surface area contributed by atoms with E-state index in [2.05, 4.69) is 22.0 Å². The molecule has 0 amide bonds. The van der Waals surface area contributed by atoms with E-state index in [1.807, 2.05) is 13.8 Å². The highest BCUT2D eigenvalue weighted by atomic mass is 16.5. The molecule has 1 aliphatic heterocycles. The third-order valence-corrected chi connectivity index (χ3v) is 4.20. The predicted molar refractivity (Wildman–Crippen MR) is 79.3 cm³/mol. The Morgan fingerprint density at radius 1 is 1.40 bits per heavy atom. The number of rotatable bonds is 3. The van der Waals surface area contributed by atoms with Crippen molar-refractivity contribution < 1.29 is 4.74 Å². The number of hydrogen-bond donors (Lipinski definition) is 2. The Balaban J connectivity index is 2.38. The van der Waals surface area contributed by atoms with Crippen LogP contribution in [0.25, 0.3) is 0 Å². The van der Waals surface area contributed by atoms with Crippen LogP contribution in [-0.2, 0) is 4.74 Å². The van der Waals surface area contributed by atoms with Crippen LogP contribution in [-0.4, -0.2) is 42.3 Å². The minimum absolute atomic E-state index is 0.0445. The van der Waals surface area contributed by atoms with Crippen molar-refractivity contribution in [3.63, 3.8) is 0 Å². The summed E-state index contributed by atoms with van der Waals surface area (Å²) in [5, 5.41) is 16.3. The Labute approximate surface area is 119 Å². The van der Waals surface area contributed by atoms with Gasteiger partial charge >= 0.3 is 0 Å². The zero-order valence-electron chi connectivity index (χ0n) is 12.6. The minimum atomic E-state index is 0.0445. The molecule has 0 saturated carbocycles. The van der Waals surface area contributed by atoms with Gasteiger partial charge in [-0.3, -0.25) is 5.41 Å². The summed E-state index contributed by atoms with van der Waals surface area (Å²) in [6.45, 7) is 7.66. The van der Waals surface area contributed by atoms with Gasteiger partial charge in [-0.25, -0.2) is 0 Å². The Hall–Kier alpha value is -1.69. The molecule has 3 N–H and O–H groups in total. The van der Waals surface area contributed by atoms with Crippen molar-refractivity contribution in [2.75, 3.05) is 25.1 Å². The lowest BCUT2D eigenvalue weighted by Crippen LogP contribution is -2.45. The van der Waals surface area contributed by atoms with Crippen LogP contribution in [0.3, 0.4) is 0 Å². The highest BCUT2D eigenvalue weighted by Gasteiger charge is 2.29. The van der Waals surface area contributed by atoms with Crippen LogP contribution < -0.4 is 10.6 Å². The molecule has 110 valence electrons. The van der Waals surface area contributed by atoms with Gasteiger partial charge in [0.1, 0.15) is 5.84 Å². The summed E-state index contributed by atoms with van der Waals surface area (Å²) < 4.78 is 5.53. The van der Waals surface area contributed by atoms with Gasteiger partial charge in [0.25, 0.3) is 0 Å². The molecular weight excluding hydrogens is 254 g/mol. The largest absolute Gasteiger partial charge is 0.384 e. The Morgan fingerprint density at radius 3 is 2.70 bits per heavy atom. The molecule has 1 aromatic rings. The lowest BCUT2D eigenvalue weighted by Gasteiger charge is -2.37. The van der Waals surface area contributed by atoms with Crippen LogP contribution in [0.4, 0.5) is 5.82 Å². The standard InChI is InChI=1S/C14H23N5O/c1-8-5-6-19(7-11(8)20-4)14-12(13(15)16)9(2)10(3)17-18-14/h8,11H,5-7H2,1-4H3,(H3,15,16). The Morgan fingerprint density at radius 2 is 2.10 bits per heavy atom. The second-order valence-electron chi connectivity index (χ2n) is 5.51. The number of aromatic nitrogens is 2. The monoisotopic (exact) mass is 277 g/mol. The molecule has 6 nitrogen and oxygen atoms in total. The van der Waals surface area contributed by atoms with Gasteiger partial charge in [-0.2, -0.15) is 5.10 Å². The SMILES string of the molecule is COC1CN(c2nnc(C)c(C)c2C(=N)N)CCC1C. The first-order chi connectivity index (χ1) is 9.45. The highest BCUT2D eigenvalue weighted by molar-refractivity contribution is 6.01. The van der Waals surface area contributed by atoms with Crippen molar-refractivity contribution in [2.45, 2.75) is 33.3 Å². The quantitative estimate of drug-likeness (QED) is 0.641. The van der Waals surface area contributed by atoms with Gasteiger partial charge in [-0.05, 0) is 31.7 Å². The van der Waals surface area contributed by atoms with E-state index < -0.39 is 0 Å². The zero-order chi connectivity index (χ0) is 14.9. The van der Waals surface area contributed by atoms with Gasteiger partial charge in [-0.15, -0.1) is 5.10 Å². The van der Waals surface area contributed by atoms with Gasteiger partial charge in [0.15, 0.2) is 5.82 Å². The summed E-state index contributed by atoms with van der Waals surface area (Å²) >= 11 is 0. The van der Waals surface area contributed by atoms with E-state index in [1.165, 1.54) is 0 Å².